The van der Waals surface area contributed by atoms with Crippen molar-refractivity contribution in [3.8, 4) is 5.75 Å². The zero-order valence-electron chi connectivity index (χ0n) is 12.0. The molecule has 0 aliphatic carbocycles. The fourth-order valence-electron chi connectivity index (χ4n) is 2.15. The zero-order chi connectivity index (χ0) is 14.7. The van der Waals surface area contributed by atoms with Crippen molar-refractivity contribution in [1.82, 2.24) is 4.90 Å². The summed E-state index contributed by atoms with van der Waals surface area (Å²) < 4.78 is 6.34. The number of rotatable bonds is 4. The molecule has 0 bridgehead atoms. The number of halogens is 2. The molecule has 1 atom stereocenters. The van der Waals surface area contributed by atoms with Gasteiger partial charge in [0.1, 0.15) is 11.1 Å². The second kappa shape index (κ2) is 8.66. The number of hydrogen-bond acceptors (Lipinski definition) is 2. The molecule has 0 spiro atoms. The van der Waals surface area contributed by atoms with E-state index in [1.165, 1.54) is 0 Å². The normalized spacial score (nSPS) is 18.1. The molecule has 1 unspecified atom stereocenters. The Morgan fingerprint density at radius 1 is 1.48 bits per heavy atom. The van der Waals surface area contributed by atoms with E-state index >= 15 is 0 Å². The van der Waals surface area contributed by atoms with E-state index in [9.17, 15) is 4.79 Å². The first-order chi connectivity index (χ1) is 9.58. The van der Waals surface area contributed by atoms with Gasteiger partial charge >= 0.3 is 0 Å². The molecule has 1 aliphatic heterocycles. The summed E-state index contributed by atoms with van der Waals surface area (Å²) in [6, 6.07) is 5.73. The molecule has 0 saturated carbocycles. The number of carbonyl (C=O) groups excluding carboxylic acids is 1. The van der Waals surface area contributed by atoms with E-state index < -0.39 is 5.38 Å². The second-order valence-corrected chi connectivity index (χ2v) is 5.74. The van der Waals surface area contributed by atoms with E-state index in [-0.39, 0.29) is 38.6 Å². The Labute approximate surface area is 164 Å². The Bertz CT molecular complexity index is 550. The first-order valence-corrected chi connectivity index (χ1v) is 7.80. The number of amides is 1. The van der Waals surface area contributed by atoms with Crippen LogP contribution in [0.5, 0.6) is 5.75 Å². The maximum absolute atomic E-state index is 12.1. The number of carbonyl (C=O) groups is 1. The predicted molar refractivity (Wildman–Crippen MR) is 83.6 cm³/mol. The minimum absolute atomic E-state index is 0. The van der Waals surface area contributed by atoms with Crippen molar-refractivity contribution in [2.75, 3.05) is 13.2 Å². The van der Waals surface area contributed by atoms with Crippen molar-refractivity contribution in [2.45, 2.75) is 25.6 Å². The molecule has 111 valence electrons. The summed E-state index contributed by atoms with van der Waals surface area (Å²) in [5.74, 6) is 0.729. The molecule has 0 fully saturated rings. The summed E-state index contributed by atoms with van der Waals surface area (Å²) in [7, 11) is 0. The van der Waals surface area contributed by atoms with Gasteiger partial charge in [-0.25, -0.2) is 6.08 Å². The number of nitrogens with zero attached hydrogens (tertiary/aromatic N) is 1. The molecular formula is C15H16BrClNO2Y-. The van der Waals surface area contributed by atoms with Gasteiger partial charge in [-0.2, -0.15) is 0 Å². The van der Waals surface area contributed by atoms with Gasteiger partial charge in [0.25, 0.3) is 0 Å². The fourth-order valence-corrected chi connectivity index (χ4v) is 2.89. The molecule has 1 amide bonds. The van der Waals surface area contributed by atoms with Gasteiger partial charge in [0.15, 0.2) is 0 Å². The maximum Gasteiger partial charge on any atom is 0.241 e. The van der Waals surface area contributed by atoms with Crippen LogP contribution in [0.2, 0.25) is 0 Å². The molecule has 1 heterocycles. The van der Waals surface area contributed by atoms with Gasteiger partial charge in [0, 0.05) is 39.3 Å². The van der Waals surface area contributed by atoms with Crippen LogP contribution in [-0.2, 0) is 37.5 Å². The van der Waals surface area contributed by atoms with E-state index in [0.717, 1.165) is 21.5 Å². The van der Waals surface area contributed by atoms with Crippen LogP contribution in [0.3, 0.4) is 0 Å². The van der Waals surface area contributed by atoms with Crippen molar-refractivity contribution < 1.29 is 42.2 Å². The molecule has 0 saturated heterocycles. The summed E-state index contributed by atoms with van der Waals surface area (Å²) in [5, 5.41) is -0.514. The quantitative estimate of drug-likeness (QED) is 0.520. The van der Waals surface area contributed by atoms with Crippen LogP contribution in [0.1, 0.15) is 25.8 Å². The topological polar surface area (TPSA) is 29.5 Å². The van der Waals surface area contributed by atoms with Gasteiger partial charge in [-0.15, -0.1) is 28.9 Å². The van der Waals surface area contributed by atoms with Crippen molar-refractivity contribution in [3.63, 3.8) is 0 Å². The monoisotopic (exact) mass is 445 g/mol. The van der Waals surface area contributed by atoms with Gasteiger partial charge in [-0.05, 0) is 26.0 Å². The summed E-state index contributed by atoms with van der Waals surface area (Å²) >= 11 is 9.53. The number of allylic oxidation sites excluding steroid dienone is 1. The molecule has 21 heavy (non-hydrogen) atoms. The molecule has 1 aliphatic rings. The van der Waals surface area contributed by atoms with Crippen LogP contribution in [0.25, 0.3) is 5.70 Å². The minimum atomic E-state index is -0.514. The zero-order valence-corrected chi connectivity index (χ0v) is 17.2. The predicted octanol–water partition coefficient (Wildman–Crippen LogP) is 3.85. The maximum atomic E-state index is 12.1. The fraction of sp³-hybridized carbons (Fsp3) is 0.400. The first kappa shape index (κ1) is 19.2. The Morgan fingerprint density at radius 3 is 2.76 bits per heavy atom. The average molecular weight is 447 g/mol. The third-order valence-corrected chi connectivity index (χ3v) is 4.07. The molecule has 0 aromatic heterocycles. The average Bonchev–Trinajstić information content (AvgIpc) is 2.43. The number of benzene rings is 1. The van der Waals surface area contributed by atoms with Gasteiger partial charge in [-0.3, -0.25) is 4.79 Å². The van der Waals surface area contributed by atoms with Crippen LogP contribution >= 0.6 is 27.5 Å². The first-order valence-electron chi connectivity index (χ1n) is 6.57. The summed E-state index contributed by atoms with van der Waals surface area (Å²) in [6.45, 7) is 5.06. The second-order valence-electron chi connectivity index (χ2n) is 4.35. The molecule has 0 N–H and O–H groups in total. The molecule has 1 aromatic carbocycles. The SMILES string of the molecule is CCOc1ccc(C2=[C-]CC(Cl)C(=O)N2CC)c(Br)c1.[Y]. The van der Waals surface area contributed by atoms with Gasteiger partial charge in [-0.1, -0.05) is 26.8 Å². The van der Waals surface area contributed by atoms with Crippen molar-refractivity contribution >= 4 is 39.1 Å². The standard InChI is InChI=1S/C15H16BrClNO2.Y/c1-3-18-14(8-7-13(17)15(18)19)11-6-5-10(20-4-2)9-12(11)16;/h5-6,9,13H,3-4,7H2,1-2H3;/q-1;. The third-order valence-electron chi connectivity index (χ3n) is 3.08. The summed E-state index contributed by atoms with van der Waals surface area (Å²) in [5.41, 5.74) is 1.71. The molecular weight excluding hydrogens is 430 g/mol. The Kier molecular flexibility index (Phi) is 7.90. The van der Waals surface area contributed by atoms with E-state index in [0.29, 0.717) is 19.6 Å². The van der Waals surface area contributed by atoms with E-state index in [2.05, 4.69) is 22.0 Å². The van der Waals surface area contributed by atoms with Crippen LogP contribution in [0.15, 0.2) is 22.7 Å². The largest absolute Gasteiger partial charge is 0.494 e. The van der Waals surface area contributed by atoms with E-state index in [1.54, 1.807) is 4.90 Å². The smallest absolute Gasteiger partial charge is 0.241 e. The van der Waals surface area contributed by atoms with Crippen LogP contribution in [-0.4, -0.2) is 29.3 Å². The van der Waals surface area contributed by atoms with Crippen LogP contribution in [0.4, 0.5) is 0 Å². The van der Waals surface area contributed by atoms with Crippen molar-refractivity contribution in [2.24, 2.45) is 0 Å². The molecule has 6 heteroatoms. The molecule has 2 rings (SSSR count). The molecule has 1 radical (unpaired) electrons. The van der Waals surface area contributed by atoms with Crippen LogP contribution in [0, 0.1) is 6.08 Å². The number of hydrogen-bond donors (Lipinski definition) is 0. The van der Waals surface area contributed by atoms with Gasteiger partial charge in [0.05, 0.1) is 6.61 Å². The Balaban J connectivity index is 0.00000220. The third kappa shape index (κ3) is 4.31. The van der Waals surface area contributed by atoms with Crippen LogP contribution < -0.4 is 4.74 Å². The van der Waals surface area contributed by atoms with Crippen molar-refractivity contribution in [1.29, 1.82) is 0 Å². The summed E-state index contributed by atoms with van der Waals surface area (Å²) in [6.07, 6.45) is 3.66. The molecule has 3 nitrogen and oxygen atoms in total. The van der Waals surface area contributed by atoms with Gasteiger partial charge in [0.2, 0.25) is 5.91 Å². The van der Waals surface area contributed by atoms with E-state index in [4.69, 9.17) is 16.3 Å². The molecule has 1 aromatic rings. The van der Waals surface area contributed by atoms with Crippen molar-refractivity contribution in [3.05, 3.63) is 34.3 Å². The van der Waals surface area contributed by atoms with E-state index in [1.807, 2.05) is 32.0 Å². The Hall–Kier alpha value is 0.104. The summed E-state index contributed by atoms with van der Waals surface area (Å²) in [4.78, 5) is 13.8. The number of alkyl halides is 1. The van der Waals surface area contributed by atoms with Gasteiger partial charge < -0.3 is 9.64 Å². The number of ether oxygens (including phenoxy) is 1. The Morgan fingerprint density at radius 2 is 2.19 bits per heavy atom. The minimum Gasteiger partial charge on any atom is -0.494 e.